The molecule has 0 heterocycles. The highest BCUT2D eigenvalue weighted by Gasteiger charge is 2.56. The van der Waals surface area contributed by atoms with Gasteiger partial charge in [-0.1, -0.05) is 32.3 Å². The maximum absolute atomic E-state index is 10.7. The van der Waals surface area contributed by atoms with Gasteiger partial charge in [0.2, 0.25) is 0 Å². The fourth-order valence-electron chi connectivity index (χ4n) is 6.90. The molecule has 0 aliphatic heterocycles. The molecule has 0 unspecified atom stereocenters. The molecule has 27 heavy (non-hydrogen) atoms. The lowest BCUT2D eigenvalue weighted by atomic mass is 9.52. The Morgan fingerprint density at radius 2 is 1.89 bits per heavy atom. The van der Waals surface area contributed by atoms with Crippen LogP contribution < -0.4 is 0 Å². The Morgan fingerprint density at radius 3 is 2.70 bits per heavy atom. The van der Waals surface area contributed by atoms with E-state index in [1.807, 2.05) is 12.1 Å². The van der Waals surface area contributed by atoms with Crippen molar-refractivity contribution in [2.24, 2.45) is 23.2 Å². The molecule has 150 valence electrons. The summed E-state index contributed by atoms with van der Waals surface area (Å²) in [6.07, 6.45) is 11.1. The molecule has 1 aromatic rings. The van der Waals surface area contributed by atoms with Gasteiger partial charge in [-0.15, -0.1) is 0 Å². The molecule has 3 aliphatic rings. The zero-order valence-corrected chi connectivity index (χ0v) is 16.7. The molecular weight excluding hydrogens is 336 g/mol. The van der Waals surface area contributed by atoms with E-state index in [9.17, 15) is 10.2 Å². The zero-order chi connectivity index (χ0) is 19.0. The average Bonchev–Trinajstić information content (AvgIpc) is 2.96. The molecule has 3 nitrogen and oxygen atoms in total. The molecule has 0 saturated heterocycles. The Balaban J connectivity index is 1.59. The van der Waals surface area contributed by atoms with Crippen LogP contribution in [0.5, 0.6) is 5.75 Å². The minimum atomic E-state index is -0.130. The number of rotatable bonds is 6. The quantitative estimate of drug-likeness (QED) is 0.630. The van der Waals surface area contributed by atoms with Crippen LogP contribution in [0.1, 0.15) is 81.8 Å². The number of phenols is 1. The fraction of sp³-hybridized carbons (Fsp3) is 0.750. The summed E-state index contributed by atoms with van der Waals surface area (Å²) in [5.41, 5.74) is 2.93. The van der Waals surface area contributed by atoms with Crippen molar-refractivity contribution < 1.29 is 15.3 Å². The van der Waals surface area contributed by atoms with E-state index in [2.05, 4.69) is 13.0 Å². The van der Waals surface area contributed by atoms with Crippen LogP contribution in [-0.4, -0.2) is 28.0 Å². The van der Waals surface area contributed by atoms with Crippen LogP contribution in [0.15, 0.2) is 18.2 Å². The second kappa shape index (κ2) is 7.75. The summed E-state index contributed by atoms with van der Waals surface area (Å²) in [7, 11) is 0. The number of benzene rings is 1. The lowest BCUT2D eigenvalue weighted by Crippen LogP contribution is -2.47. The minimum Gasteiger partial charge on any atom is -0.508 e. The van der Waals surface area contributed by atoms with Crippen molar-refractivity contribution in [2.45, 2.75) is 83.2 Å². The smallest absolute Gasteiger partial charge is 0.115 e. The maximum Gasteiger partial charge on any atom is 0.115 e. The molecular formula is C24H36O3. The van der Waals surface area contributed by atoms with Crippen molar-refractivity contribution in [3.63, 3.8) is 0 Å². The van der Waals surface area contributed by atoms with Crippen LogP contribution in [0.4, 0.5) is 0 Å². The SMILES string of the molecule is C[C@]12CC[C@@H]3c4ccc(O)cc4C[C@@H](CCCCCCO)[C@H]3[C@@H]1CC[C@@H]2O. The van der Waals surface area contributed by atoms with Crippen LogP contribution in [0.25, 0.3) is 0 Å². The van der Waals surface area contributed by atoms with Gasteiger partial charge in [-0.05, 0) is 97.3 Å². The molecule has 3 aliphatic carbocycles. The Kier molecular flexibility index (Phi) is 5.53. The number of hydrogen-bond acceptors (Lipinski definition) is 3. The van der Waals surface area contributed by atoms with Crippen LogP contribution in [-0.2, 0) is 6.42 Å². The largest absolute Gasteiger partial charge is 0.508 e. The second-order valence-electron chi connectivity index (χ2n) is 9.70. The van der Waals surface area contributed by atoms with Gasteiger partial charge >= 0.3 is 0 Å². The van der Waals surface area contributed by atoms with Gasteiger partial charge in [0.05, 0.1) is 6.10 Å². The highest BCUT2D eigenvalue weighted by Crippen LogP contribution is 2.62. The van der Waals surface area contributed by atoms with Crippen molar-refractivity contribution in [3.8, 4) is 5.75 Å². The van der Waals surface area contributed by atoms with Crippen molar-refractivity contribution in [3.05, 3.63) is 29.3 Å². The fourth-order valence-corrected chi connectivity index (χ4v) is 6.90. The highest BCUT2D eigenvalue weighted by molar-refractivity contribution is 5.40. The van der Waals surface area contributed by atoms with Gasteiger partial charge in [-0.25, -0.2) is 0 Å². The van der Waals surface area contributed by atoms with Crippen molar-refractivity contribution >= 4 is 0 Å². The molecule has 0 aromatic heterocycles. The monoisotopic (exact) mass is 372 g/mol. The lowest BCUT2D eigenvalue weighted by molar-refractivity contribution is -0.0396. The molecule has 6 atom stereocenters. The third-order valence-electron chi connectivity index (χ3n) is 8.32. The first-order valence-corrected chi connectivity index (χ1v) is 11.2. The molecule has 3 N–H and O–H groups in total. The van der Waals surface area contributed by atoms with Gasteiger partial charge in [0.15, 0.2) is 0 Å². The number of aliphatic hydroxyl groups is 2. The predicted molar refractivity (Wildman–Crippen MR) is 108 cm³/mol. The van der Waals surface area contributed by atoms with E-state index in [0.29, 0.717) is 36.0 Å². The summed E-state index contributed by atoms with van der Waals surface area (Å²) < 4.78 is 0. The molecule has 1 aromatic carbocycles. The van der Waals surface area contributed by atoms with Gasteiger partial charge in [0.1, 0.15) is 5.75 Å². The van der Waals surface area contributed by atoms with E-state index < -0.39 is 0 Å². The van der Waals surface area contributed by atoms with E-state index >= 15 is 0 Å². The Hall–Kier alpha value is -1.06. The van der Waals surface area contributed by atoms with E-state index in [1.54, 1.807) is 0 Å². The van der Waals surface area contributed by atoms with Crippen molar-refractivity contribution in [1.29, 1.82) is 0 Å². The van der Waals surface area contributed by atoms with E-state index in [-0.39, 0.29) is 11.5 Å². The molecule has 3 heteroatoms. The zero-order valence-electron chi connectivity index (χ0n) is 16.7. The summed E-state index contributed by atoms with van der Waals surface area (Å²) in [6.45, 7) is 2.65. The van der Waals surface area contributed by atoms with Gasteiger partial charge in [-0.3, -0.25) is 0 Å². The van der Waals surface area contributed by atoms with E-state index in [0.717, 1.165) is 32.1 Å². The molecule has 2 fully saturated rings. The standard InChI is InChI=1S/C24H36O3/c1-24-12-11-20-19-8-7-18(26)15-17(19)14-16(6-4-2-3-5-13-25)23(20)21(24)9-10-22(24)27/h7-8,15-16,20-23,25-27H,2-6,9-14H2,1H3/t16-,20-,21+,22+,23-,24+/m1/s1. The summed E-state index contributed by atoms with van der Waals surface area (Å²) >= 11 is 0. The summed E-state index contributed by atoms with van der Waals surface area (Å²) in [6, 6.07) is 6.04. The second-order valence-corrected chi connectivity index (χ2v) is 9.70. The molecule has 0 spiro atoms. The van der Waals surface area contributed by atoms with E-state index in [4.69, 9.17) is 5.11 Å². The van der Waals surface area contributed by atoms with Crippen molar-refractivity contribution in [2.75, 3.05) is 6.61 Å². The van der Waals surface area contributed by atoms with Crippen LogP contribution in [0.3, 0.4) is 0 Å². The number of hydrogen-bond donors (Lipinski definition) is 3. The number of phenolic OH excluding ortho intramolecular Hbond substituents is 1. The first-order valence-electron chi connectivity index (χ1n) is 11.2. The molecule has 0 amide bonds. The van der Waals surface area contributed by atoms with Gasteiger partial charge < -0.3 is 15.3 Å². The van der Waals surface area contributed by atoms with Crippen LogP contribution >= 0.6 is 0 Å². The Morgan fingerprint density at radius 1 is 1.07 bits per heavy atom. The lowest BCUT2D eigenvalue weighted by Gasteiger charge is -2.53. The average molecular weight is 373 g/mol. The van der Waals surface area contributed by atoms with Crippen molar-refractivity contribution in [1.82, 2.24) is 0 Å². The van der Waals surface area contributed by atoms with Gasteiger partial charge in [-0.2, -0.15) is 0 Å². The number of fused-ring (bicyclic) bond motifs is 5. The van der Waals surface area contributed by atoms with Gasteiger partial charge in [0.25, 0.3) is 0 Å². The van der Waals surface area contributed by atoms with E-state index in [1.165, 1.54) is 43.2 Å². The molecule has 0 radical (unpaired) electrons. The van der Waals surface area contributed by atoms with Crippen LogP contribution in [0.2, 0.25) is 0 Å². The molecule has 0 bridgehead atoms. The summed E-state index contributed by atoms with van der Waals surface area (Å²) in [4.78, 5) is 0. The summed E-state index contributed by atoms with van der Waals surface area (Å²) in [5, 5.41) is 29.7. The number of aliphatic hydroxyl groups excluding tert-OH is 2. The maximum atomic E-state index is 10.7. The normalized spacial score (nSPS) is 37.5. The van der Waals surface area contributed by atoms with Crippen LogP contribution in [0, 0.1) is 23.2 Å². The first-order chi connectivity index (χ1) is 13.0. The molecule has 4 rings (SSSR count). The topological polar surface area (TPSA) is 60.7 Å². The number of aromatic hydroxyl groups is 1. The summed E-state index contributed by atoms with van der Waals surface area (Å²) in [5.74, 6) is 2.96. The third-order valence-corrected chi connectivity index (χ3v) is 8.32. The Bertz CT molecular complexity index is 657. The number of unbranched alkanes of at least 4 members (excludes halogenated alkanes) is 3. The Labute approximate surface area is 163 Å². The highest BCUT2D eigenvalue weighted by atomic mass is 16.3. The minimum absolute atomic E-state index is 0.102. The first kappa shape index (κ1) is 19.3. The third kappa shape index (κ3) is 3.42. The predicted octanol–water partition coefficient (Wildman–Crippen LogP) is 4.78. The van der Waals surface area contributed by atoms with Gasteiger partial charge in [0, 0.05) is 6.61 Å². The molecule has 2 saturated carbocycles.